The van der Waals surface area contributed by atoms with Crippen LogP contribution in [0.4, 0.5) is 13.2 Å². The molecule has 0 aliphatic heterocycles. The highest BCUT2D eigenvalue weighted by atomic mass is 19.4. The number of ketones is 1. The zero-order valence-corrected chi connectivity index (χ0v) is 21.4. The summed E-state index contributed by atoms with van der Waals surface area (Å²) in [4.78, 5) is 30.1. The minimum Gasteiger partial charge on any atom is -0.292 e. The van der Waals surface area contributed by atoms with Gasteiger partial charge in [0.1, 0.15) is 0 Å². The Hall–Kier alpha value is -4.87. The predicted octanol–water partition coefficient (Wildman–Crippen LogP) is 5.02. The largest absolute Gasteiger partial charge is 0.454 e. The molecule has 0 unspecified atom stereocenters. The van der Waals surface area contributed by atoms with Crippen molar-refractivity contribution in [3.8, 4) is 28.3 Å². The molecular formula is C28H24F3N7O2. The number of para-hydroxylation sites is 1. The maximum Gasteiger partial charge on any atom is 0.454 e. The topological polar surface area (TPSA) is 111 Å². The first-order chi connectivity index (χ1) is 19.3. The van der Waals surface area contributed by atoms with Gasteiger partial charge in [0.05, 0.1) is 23.5 Å². The van der Waals surface area contributed by atoms with Gasteiger partial charge in [-0.15, -0.1) is 5.10 Å². The number of hydrogen-bond donors (Lipinski definition) is 1. The van der Waals surface area contributed by atoms with Crippen LogP contribution < -0.4 is 5.69 Å². The van der Waals surface area contributed by atoms with Crippen LogP contribution in [0.1, 0.15) is 41.4 Å². The molecule has 0 radical (unpaired) electrons. The Labute approximate surface area is 226 Å². The fourth-order valence-electron chi connectivity index (χ4n) is 4.50. The van der Waals surface area contributed by atoms with Crippen LogP contribution in [-0.4, -0.2) is 46.7 Å². The maximum absolute atomic E-state index is 13.5. The standard InChI is InChI=1S/C28H24F3N7O2/c1-2-3-7-20-17-38(23-10-5-4-8-21(23)25(39)28(29,30)31)27(40)37(20)16-18-11-13-19(14-12-18)24-22(9-6-15-32-24)26-33-35-36-34-26/h4-6,8-15,17H,2-3,7,16H2,1H3,(H,33,34,35,36). The average Bonchev–Trinajstić information content (AvgIpc) is 3.60. The summed E-state index contributed by atoms with van der Waals surface area (Å²) in [5.41, 5.74) is 2.47. The van der Waals surface area contributed by atoms with Gasteiger partial charge < -0.3 is 0 Å². The van der Waals surface area contributed by atoms with Crippen LogP contribution in [-0.2, 0) is 13.0 Å². The molecular weight excluding hydrogens is 523 g/mol. The lowest BCUT2D eigenvalue weighted by molar-refractivity contribution is -0.0885. The lowest BCUT2D eigenvalue weighted by Gasteiger charge is -2.11. The van der Waals surface area contributed by atoms with E-state index in [0.29, 0.717) is 23.6 Å². The summed E-state index contributed by atoms with van der Waals surface area (Å²) in [7, 11) is 0. The Morgan fingerprint density at radius 3 is 2.50 bits per heavy atom. The molecule has 0 spiro atoms. The van der Waals surface area contributed by atoms with Crippen molar-refractivity contribution in [2.75, 3.05) is 0 Å². The third-order valence-electron chi connectivity index (χ3n) is 6.49. The number of benzene rings is 2. The Morgan fingerprint density at radius 1 is 1.02 bits per heavy atom. The minimum absolute atomic E-state index is 0.105. The number of aromatic amines is 1. The van der Waals surface area contributed by atoms with Crippen molar-refractivity contribution in [2.24, 2.45) is 0 Å². The summed E-state index contributed by atoms with van der Waals surface area (Å²) < 4.78 is 42.5. The van der Waals surface area contributed by atoms with Crippen LogP contribution in [0.15, 0.2) is 77.9 Å². The maximum atomic E-state index is 13.5. The van der Waals surface area contributed by atoms with Crippen molar-refractivity contribution in [1.82, 2.24) is 34.7 Å². The van der Waals surface area contributed by atoms with Crippen LogP contribution in [0.2, 0.25) is 0 Å². The molecule has 3 aromatic heterocycles. The Bertz CT molecular complexity index is 1690. The lowest BCUT2D eigenvalue weighted by Crippen LogP contribution is -2.28. The van der Waals surface area contributed by atoms with E-state index in [2.05, 4.69) is 25.6 Å². The third-order valence-corrected chi connectivity index (χ3v) is 6.49. The summed E-state index contributed by atoms with van der Waals surface area (Å²) in [5.74, 6) is -1.52. The molecule has 0 saturated carbocycles. The van der Waals surface area contributed by atoms with Gasteiger partial charge in [0, 0.05) is 29.2 Å². The number of pyridine rings is 1. The first-order valence-electron chi connectivity index (χ1n) is 12.6. The van der Waals surface area contributed by atoms with Crippen LogP contribution >= 0.6 is 0 Å². The molecule has 40 heavy (non-hydrogen) atoms. The monoisotopic (exact) mass is 547 g/mol. The average molecular weight is 548 g/mol. The molecule has 12 heteroatoms. The zero-order chi connectivity index (χ0) is 28.3. The molecule has 5 aromatic rings. The number of unbranched alkanes of at least 4 members (excludes halogenated alkanes) is 1. The van der Waals surface area contributed by atoms with Crippen molar-refractivity contribution < 1.29 is 18.0 Å². The second kappa shape index (κ2) is 11.1. The summed E-state index contributed by atoms with van der Waals surface area (Å²) in [6.45, 7) is 2.21. The highest BCUT2D eigenvalue weighted by Gasteiger charge is 2.40. The molecule has 0 fully saturated rings. The second-order valence-electron chi connectivity index (χ2n) is 9.15. The van der Waals surface area contributed by atoms with Crippen molar-refractivity contribution >= 4 is 5.78 Å². The van der Waals surface area contributed by atoms with Crippen LogP contribution in [0.5, 0.6) is 0 Å². The van der Waals surface area contributed by atoms with Crippen LogP contribution in [0.25, 0.3) is 28.3 Å². The number of rotatable bonds is 9. The minimum atomic E-state index is -5.06. The molecule has 3 heterocycles. The third kappa shape index (κ3) is 5.33. The van der Waals surface area contributed by atoms with E-state index in [1.165, 1.54) is 29.0 Å². The first kappa shape index (κ1) is 26.7. The van der Waals surface area contributed by atoms with E-state index in [4.69, 9.17) is 0 Å². The molecule has 0 atom stereocenters. The number of carbonyl (C=O) groups is 1. The molecule has 0 bridgehead atoms. The summed E-state index contributed by atoms with van der Waals surface area (Å²) >= 11 is 0. The van der Waals surface area contributed by atoms with Gasteiger partial charge in [-0.1, -0.05) is 49.7 Å². The van der Waals surface area contributed by atoms with Gasteiger partial charge in [0.25, 0.3) is 5.78 Å². The van der Waals surface area contributed by atoms with Crippen molar-refractivity contribution in [1.29, 1.82) is 0 Å². The summed E-state index contributed by atoms with van der Waals surface area (Å²) in [5, 5.41) is 14.0. The number of tetrazole rings is 1. The fourth-order valence-corrected chi connectivity index (χ4v) is 4.50. The van der Waals surface area contributed by atoms with Gasteiger partial charge >= 0.3 is 11.9 Å². The van der Waals surface area contributed by atoms with Crippen LogP contribution in [0, 0.1) is 0 Å². The molecule has 0 aliphatic rings. The number of carbonyl (C=O) groups excluding carboxylic acids is 1. The van der Waals surface area contributed by atoms with Crippen molar-refractivity contribution in [2.45, 2.75) is 38.9 Å². The quantitative estimate of drug-likeness (QED) is 0.260. The Morgan fingerprint density at radius 2 is 1.80 bits per heavy atom. The number of nitrogens with one attached hydrogen (secondary N) is 1. The van der Waals surface area contributed by atoms with Crippen molar-refractivity contribution in [3.05, 3.63) is 100 Å². The number of H-pyrrole nitrogens is 1. The van der Waals surface area contributed by atoms with Gasteiger partial charge in [0.2, 0.25) is 0 Å². The lowest BCUT2D eigenvalue weighted by atomic mass is 10.0. The van der Waals surface area contributed by atoms with Gasteiger partial charge in [-0.3, -0.25) is 18.9 Å². The molecule has 0 aliphatic carbocycles. The zero-order valence-electron chi connectivity index (χ0n) is 21.4. The molecule has 204 valence electrons. The van der Waals surface area contributed by atoms with Crippen LogP contribution in [0.3, 0.4) is 0 Å². The number of nitrogens with zero attached hydrogens (tertiary/aromatic N) is 6. The highest BCUT2D eigenvalue weighted by molar-refractivity contribution is 6.03. The van der Waals surface area contributed by atoms with E-state index in [9.17, 15) is 22.8 Å². The molecule has 1 N–H and O–H groups in total. The van der Waals surface area contributed by atoms with Gasteiger partial charge in [-0.25, -0.2) is 9.89 Å². The van der Waals surface area contributed by atoms with E-state index in [1.54, 1.807) is 12.3 Å². The molecule has 0 amide bonds. The van der Waals surface area contributed by atoms with Gasteiger partial charge in [0.15, 0.2) is 5.82 Å². The first-order valence-corrected chi connectivity index (χ1v) is 12.6. The second-order valence-corrected chi connectivity index (χ2v) is 9.15. The van der Waals surface area contributed by atoms with Crippen molar-refractivity contribution in [3.63, 3.8) is 0 Å². The molecule has 5 rings (SSSR count). The van der Waals surface area contributed by atoms with E-state index in [1.807, 2.05) is 37.3 Å². The molecule has 2 aromatic carbocycles. The van der Waals surface area contributed by atoms with E-state index in [0.717, 1.165) is 40.2 Å². The van der Waals surface area contributed by atoms with Gasteiger partial charge in [-0.05, 0) is 53.1 Å². The predicted molar refractivity (Wildman–Crippen MR) is 141 cm³/mol. The Kier molecular flexibility index (Phi) is 7.41. The highest BCUT2D eigenvalue weighted by Crippen LogP contribution is 2.28. The number of alkyl halides is 3. The number of Topliss-reactive ketones (excluding diaryl/α,β-unsaturated/α-hetero) is 1. The SMILES string of the molecule is CCCCc1cn(-c2ccccc2C(=O)C(F)(F)F)c(=O)n1Cc1ccc(-c2ncccc2-c2nnn[nH]2)cc1. The van der Waals surface area contributed by atoms with E-state index < -0.39 is 23.2 Å². The number of aryl methyl sites for hydroxylation is 1. The molecule has 9 nitrogen and oxygen atoms in total. The summed E-state index contributed by atoms with van der Waals surface area (Å²) in [6.07, 6.45) is 0.330. The Balaban J connectivity index is 1.50. The normalized spacial score (nSPS) is 11.6. The number of halogens is 3. The van der Waals surface area contributed by atoms with E-state index >= 15 is 0 Å². The smallest absolute Gasteiger partial charge is 0.292 e. The summed E-state index contributed by atoms with van der Waals surface area (Å²) in [6, 6.07) is 16.4. The molecule has 0 saturated heterocycles. The van der Waals surface area contributed by atoms with Gasteiger partial charge in [-0.2, -0.15) is 13.2 Å². The van der Waals surface area contributed by atoms with E-state index in [-0.39, 0.29) is 12.2 Å². The number of hydrogen-bond acceptors (Lipinski definition) is 6. The fraction of sp³-hybridized carbons (Fsp3) is 0.214. The number of imidazole rings is 1. The number of aromatic nitrogens is 7.